The van der Waals surface area contributed by atoms with Gasteiger partial charge < -0.3 is 4.90 Å². The van der Waals surface area contributed by atoms with Gasteiger partial charge in [0.05, 0.1) is 12.0 Å². The second kappa shape index (κ2) is 6.50. The first kappa shape index (κ1) is 13.8. The number of aliphatic imine (C=N–C) groups is 1. The van der Waals surface area contributed by atoms with Crippen molar-refractivity contribution in [1.29, 1.82) is 0 Å². The van der Waals surface area contributed by atoms with Crippen LogP contribution in [0.4, 0.5) is 5.13 Å². The summed E-state index contributed by atoms with van der Waals surface area (Å²) in [5, 5.41) is 2.89. The molecule has 0 amide bonds. The van der Waals surface area contributed by atoms with Gasteiger partial charge in [0, 0.05) is 28.5 Å². The molecule has 0 N–H and O–H groups in total. The van der Waals surface area contributed by atoms with Crippen LogP contribution in [0.2, 0.25) is 0 Å². The molecule has 20 heavy (non-hydrogen) atoms. The third kappa shape index (κ3) is 3.46. The molecular weight excluding hydrogens is 334 g/mol. The summed E-state index contributed by atoms with van der Waals surface area (Å²) in [5.41, 5.74) is 2.12. The second-order valence-corrected chi connectivity index (χ2v) is 6.62. The Hall–Kier alpha value is -1.20. The fourth-order valence-electron chi connectivity index (χ4n) is 2.24. The second-order valence-electron chi connectivity index (χ2n) is 4.86. The van der Waals surface area contributed by atoms with Gasteiger partial charge in [-0.1, -0.05) is 28.1 Å². The van der Waals surface area contributed by atoms with Gasteiger partial charge in [0.15, 0.2) is 0 Å². The number of rotatable bonds is 3. The molecule has 1 aromatic carbocycles. The van der Waals surface area contributed by atoms with Crippen molar-refractivity contribution in [3.8, 4) is 11.3 Å². The van der Waals surface area contributed by atoms with Crippen molar-refractivity contribution in [2.75, 3.05) is 13.1 Å². The standard InChI is InChI=1S/C15H16BrN3S/c16-13-6-4-12(5-7-13)14-10-20-15(18-14)17-11-19-8-2-1-3-9-19/h4-7,10-11H,1-3,8-9H2/b17-11+. The predicted octanol–water partition coefficient (Wildman–Crippen LogP) is 4.72. The number of hydrogen-bond donors (Lipinski definition) is 0. The molecule has 104 valence electrons. The molecule has 0 spiro atoms. The number of benzene rings is 1. The Bertz CT molecular complexity index is 585. The van der Waals surface area contributed by atoms with Crippen molar-refractivity contribution in [2.45, 2.75) is 19.3 Å². The third-order valence-electron chi connectivity index (χ3n) is 3.35. The number of nitrogens with zero attached hydrogens (tertiary/aromatic N) is 3. The maximum atomic E-state index is 4.57. The lowest BCUT2D eigenvalue weighted by Crippen LogP contribution is -2.27. The van der Waals surface area contributed by atoms with Crippen LogP contribution in [0.25, 0.3) is 11.3 Å². The Kier molecular flexibility index (Phi) is 4.47. The number of halogens is 1. The normalized spacial score (nSPS) is 15.9. The van der Waals surface area contributed by atoms with Gasteiger partial charge in [0.25, 0.3) is 0 Å². The van der Waals surface area contributed by atoms with Gasteiger partial charge in [-0.15, -0.1) is 11.3 Å². The van der Waals surface area contributed by atoms with Crippen LogP contribution in [0.5, 0.6) is 0 Å². The van der Waals surface area contributed by atoms with Crippen molar-refractivity contribution in [2.24, 2.45) is 4.99 Å². The average molecular weight is 350 g/mol. The van der Waals surface area contributed by atoms with Crippen molar-refractivity contribution in [1.82, 2.24) is 9.88 Å². The predicted molar refractivity (Wildman–Crippen MR) is 88.8 cm³/mol. The zero-order chi connectivity index (χ0) is 13.8. The highest BCUT2D eigenvalue weighted by Gasteiger charge is 2.07. The topological polar surface area (TPSA) is 28.5 Å². The van der Waals surface area contributed by atoms with E-state index in [0.717, 1.165) is 34.0 Å². The fourth-order valence-corrected chi connectivity index (χ4v) is 3.17. The summed E-state index contributed by atoms with van der Waals surface area (Å²) >= 11 is 5.04. The first-order valence-electron chi connectivity index (χ1n) is 6.81. The molecule has 1 aliphatic rings. The van der Waals surface area contributed by atoms with Gasteiger partial charge in [-0.25, -0.2) is 9.98 Å². The van der Waals surface area contributed by atoms with Crippen LogP contribution in [0.15, 0.2) is 39.1 Å². The Morgan fingerprint density at radius 2 is 1.90 bits per heavy atom. The molecule has 0 radical (unpaired) electrons. The summed E-state index contributed by atoms with van der Waals surface area (Å²) < 4.78 is 1.08. The van der Waals surface area contributed by atoms with E-state index in [4.69, 9.17) is 0 Å². The third-order valence-corrected chi connectivity index (χ3v) is 4.63. The Morgan fingerprint density at radius 3 is 2.65 bits per heavy atom. The molecule has 0 bridgehead atoms. The molecule has 2 heterocycles. The highest BCUT2D eigenvalue weighted by Crippen LogP contribution is 2.27. The Labute approximate surface area is 131 Å². The molecule has 3 nitrogen and oxygen atoms in total. The van der Waals surface area contributed by atoms with Crippen LogP contribution in [0, 0.1) is 0 Å². The maximum Gasteiger partial charge on any atom is 0.211 e. The molecule has 0 aliphatic carbocycles. The quantitative estimate of drug-likeness (QED) is 0.592. The highest BCUT2D eigenvalue weighted by atomic mass is 79.9. The van der Waals surface area contributed by atoms with Gasteiger partial charge in [-0.05, 0) is 31.4 Å². The highest BCUT2D eigenvalue weighted by molar-refractivity contribution is 9.10. The van der Waals surface area contributed by atoms with E-state index in [1.54, 1.807) is 11.3 Å². The lowest BCUT2D eigenvalue weighted by atomic mass is 10.1. The van der Waals surface area contributed by atoms with E-state index in [0.29, 0.717) is 0 Å². The average Bonchev–Trinajstić information content (AvgIpc) is 2.96. The van der Waals surface area contributed by atoms with Crippen molar-refractivity contribution in [3.05, 3.63) is 34.1 Å². The van der Waals surface area contributed by atoms with Crippen molar-refractivity contribution < 1.29 is 0 Å². The fraction of sp³-hybridized carbons (Fsp3) is 0.333. The van der Waals surface area contributed by atoms with E-state index >= 15 is 0 Å². The number of aromatic nitrogens is 1. The van der Waals surface area contributed by atoms with Crippen LogP contribution in [0.1, 0.15) is 19.3 Å². The molecule has 5 heteroatoms. The number of hydrogen-bond acceptors (Lipinski definition) is 3. The molecule has 3 rings (SSSR count). The lowest BCUT2D eigenvalue weighted by molar-refractivity contribution is 0.351. The first-order chi connectivity index (χ1) is 9.81. The molecule has 0 unspecified atom stereocenters. The molecule has 0 saturated carbocycles. The summed E-state index contributed by atoms with van der Waals surface area (Å²) in [5.74, 6) is 0. The first-order valence-corrected chi connectivity index (χ1v) is 8.48. The molecule has 1 aliphatic heterocycles. The summed E-state index contributed by atoms with van der Waals surface area (Å²) in [4.78, 5) is 11.3. The van der Waals surface area contributed by atoms with Crippen LogP contribution in [-0.2, 0) is 0 Å². The van der Waals surface area contributed by atoms with E-state index in [2.05, 4.69) is 48.3 Å². The van der Waals surface area contributed by atoms with E-state index in [9.17, 15) is 0 Å². The Morgan fingerprint density at radius 1 is 1.15 bits per heavy atom. The molecule has 1 fully saturated rings. The lowest BCUT2D eigenvalue weighted by Gasteiger charge is -2.23. The van der Waals surface area contributed by atoms with E-state index in [-0.39, 0.29) is 0 Å². The molecule has 0 atom stereocenters. The minimum absolute atomic E-state index is 0.827. The SMILES string of the molecule is Brc1ccc(-c2csc(/N=C/N3CCCCC3)n2)cc1. The van der Waals surface area contributed by atoms with Crippen LogP contribution >= 0.6 is 27.3 Å². The van der Waals surface area contributed by atoms with Crippen LogP contribution in [0.3, 0.4) is 0 Å². The summed E-state index contributed by atoms with van der Waals surface area (Å²) in [6.45, 7) is 2.24. The van der Waals surface area contributed by atoms with Gasteiger partial charge >= 0.3 is 0 Å². The maximum absolute atomic E-state index is 4.57. The minimum atomic E-state index is 0.827. The molecule has 2 aromatic rings. The van der Waals surface area contributed by atoms with Gasteiger partial charge in [-0.2, -0.15) is 0 Å². The largest absolute Gasteiger partial charge is 0.363 e. The molecular formula is C15H16BrN3S. The number of piperidine rings is 1. The summed E-state index contributed by atoms with van der Waals surface area (Å²) in [6.07, 6.45) is 5.83. The van der Waals surface area contributed by atoms with Crippen LogP contribution in [-0.4, -0.2) is 29.3 Å². The van der Waals surface area contributed by atoms with Crippen molar-refractivity contribution in [3.63, 3.8) is 0 Å². The van der Waals surface area contributed by atoms with Gasteiger partial charge in [-0.3, -0.25) is 0 Å². The minimum Gasteiger partial charge on any atom is -0.363 e. The Balaban J connectivity index is 1.70. The van der Waals surface area contributed by atoms with Gasteiger partial charge in [0.1, 0.15) is 0 Å². The van der Waals surface area contributed by atoms with Crippen molar-refractivity contribution >= 4 is 38.7 Å². The van der Waals surface area contributed by atoms with Crippen LogP contribution < -0.4 is 0 Å². The van der Waals surface area contributed by atoms with E-state index in [1.807, 2.05) is 18.5 Å². The summed E-state index contributed by atoms with van der Waals surface area (Å²) in [6, 6.07) is 8.20. The monoisotopic (exact) mass is 349 g/mol. The zero-order valence-corrected chi connectivity index (χ0v) is 13.5. The number of likely N-dealkylation sites (tertiary alicyclic amines) is 1. The molecule has 1 aromatic heterocycles. The molecule has 1 saturated heterocycles. The smallest absolute Gasteiger partial charge is 0.211 e. The summed E-state index contributed by atoms with van der Waals surface area (Å²) in [7, 11) is 0. The van der Waals surface area contributed by atoms with E-state index < -0.39 is 0 Å². The van der Waals surface area contributed by atoms with E-state index in [1.165, 1.54) is 19.3 Å². The zero-order valence-electron chi connectivity index (χ0n) is 11.1. The van der Waals surface area contributed by atoms with Gasteiger partial charge in [0.2, 0.25) is 5.13 Å². The number of thiazole rings is 1.